The number of carbonyl (C=O) groups is 2. The molecule has 0 radical (unpaired) electrons. The number of Topliss-reactive ketones (excluding diaryl/α,β-unsaturated/α-hetero) is 2. The normalized spacial score (nSPS) is 9.93. The lowest BCUT2D eigenvalue weighted by Gasteiger charge is -2.01. The number of rotatable bonds is 3. The minimum absolute atomic E-state index is 0.139. The molecule has 0 saturated heterocycles. The third-order valence-corrected chi connectivity index (χ3v) is 2.20. The lowest BCUT2D eigenvalue weighted by molar-refractivity contribution is -0.116. The molecule has 0 N–H and O–H groups in total. The van der Waals surface area contributed by atoms with Crippen molar-refractivity contribution in [3.8, 4) is 0 Å². The van der Waals surface area contributed by atoms with Crippen LogP contribution in [0.3, 0.4) is 0 Å². The number of ketones is 2. The monoisotopic (exact) mass is 230 g/mol. The van der Waals surface area contributed by atoms with Crippen LogP contribution >= 0.6 is 23.2 Å². The van der Waals surface area contributed by atoms with E-state index >= 15 is 0 Å². The Morgan fingerprint density at radius 1 is 1.29 bits per heavy atom. The Morgan fingerprint density at radius 2 is 1.93 bits per heavy atom. The molecule has 0 bridgehead atoms. The van der Waals surface area contributed by atoms with Gasteiger partial charge in [-0.15, -0.1) is 0 Å². The second kappa shape index (κ2) is 4.58. The minimum Gasteiger partial charge on any atom is -0.300 e. The van der Waals surface area contributed by atoms with Gasteiger partial charge < -0.3 is 0 Å². The first-order chi connectivity index (χ1) is 6.50. The van der Waals surface area contributed by atoms with Crippen LogP contribution in [0.1, 0.15) is 23.7 Å². The predicted molar refractivity (Wildman–Crippen MR) is 56.1 cm³/mol. The smallest absolute Gasteiger partial charge is 0.171 e. The summed E-state index contributed by atoms with van der Waals surface area (Å²) in [6.45, 7) is 1.36. The quantitative estimate of drug-likeness (QED) is 0.591. The predicted octanol–water partition coefficient (Wildman–Crippen LogP) is 3.16. The maximum absolute atomic E-state index is 11.5. The van der Waals surface area contributed by atoms with E-state index in [0.717, 1.165) is 0 Å². The van der Waals surface area contributed by atoms with Gasteiger partial charge in [0, 0.05) is 10.6 Å². The van der Waals surface area contributed by atoms with Crippen molar-refractivity contribution in [1.29, 1.82) is 0 Å². The molecule has 0 aromatic heterocycles. The van der Waals surface area contributed by atoms with E-state index in [4.69, 9.17) is 23.2 Å². The highest BCUT2D eigenvalue weighted by Crippen LogP contribution is 2.21. The molecular formula is C10H8Cl2O2. The van der Waals surface area contributed by atoms with Crippen LogP contribution in [0.4, 0.5) is 0 Å². The van der Waals surface area contributed by atoms with Gasteiger partial charge in [-0.1, -0.05) is 23.2 Å². The first kappa shape index (κ1) is 11.2. The van der Waals surface area contributed by atoms with E-state index in [1.807, 2.05) is 0 Å². The molecule has 1 aromatic rings. The molecule has 0 atom stereocenters. The van der Waals surface area contributed by atoms with Gasteiger partial charge in [0.1, 0.15) is 5.78 Å². The van der Waals surface area contributed by atoms with E-state index in [0.29, 0.717) is 15.6 Å². The molecule has 1 aromatic carbocycles. The highest BCUT2D eigenvalue weighted by Gasteiger charge is 2.12. The molecule has 0 unspecified atom stereocenters. The van der Waals surface area contributed by atoms with Gasteiger partial charge in [0.15, 0.2) is 5.78 Å². The third kappa shape index (κ3) is 2.82. The van der Waals surface area contributed by atoms with Gasteiger partial charge in [-0.2, -0.15) is 0 Å². The molecule has 14 heavy (non-hydrogen) atoms. The van der Waals surface area contributed by atoms with Crippen molar-refractivity contribution in [3.05, 3.63) is 33.8 Å². The number of benzene rings is 1. The fourth-order valence-electron chi connectivity index (χ4n) is 1.03. The summed E-state index contributed by atoms with van der Waals surface area (Å²) in [5.74, 6) is -0.490. The summed E-state index contributed by atoms with van der Waals surface area (Å²) >= 11 is 11.5. The number of carbonyl (C=O) groups excluding carboxylic acids is 2. The van der Waals surface area contributed by atoms with Crippen molar-refractivity contribution in [2.24, 2.45) is 0 Å². The fraction of sp³-hybridized carbons (Fsp3) is 0.200. The van der Waals surface area contributed by atoms with Gasteiger partial charge in [-0.05, 0) is 25.1 Å². The first-order valence-electron chi connectivity index (χ1n) is 3.98. The molecule has 0 fully saturated rings. The Balaban J connectivity index is 3.00. The number of hydrogen-bond donors (Lipinski definition) is 0. The Morgan fingerprint density at radius 3 is 2.50 bits per heavy atom. The molecule has 0 amide bonds. The van der Waals surface area contributed by atoms with Gasteiger partial charge >= 0.3 is 0 Å². The summed E-state index contributed by atoms with van der Waals surface area (Å²) in [5.41, 5.74) is 0.300. The van der Waals surface area contributed by atoms with Crippen molar-refractivity contribution < 1.29 is 9.59 Å². The van der Waals surface area contributed by atoms with Crippen LogP contribution in [0.25, 0.3) is 0 Å². The Kier molecular flexibility index (Phi) is 3.67. The lowest BCUT2D eigenvalue weighted by atomic mass is 10.1. The van der Waals surface area contributed by atoms with E-state index in [1.165, 1.54) is 19.1 Å². The van der Waals surface area contributed by atoms with E-state index in [-0.39, 0.29) is 18.0 Å². The standard InChI is InChI=1S/C10H8Cl2O2/c1-6(13)4-10(14)8-5-7(11)2-3-9(8)12/h2-3,5H,4H2,1H3. The zero-order valence-corrected chi connectivity index (χ0v) is 9.02. The van der Waals surface area contributed by atoms with Crippen LogP contribution in [-0.4, -0.2) is 11.6 Å². The van der Waals surface area contributed by atoms with Gasteiger partial charge in [0.05, 0.1) is 11.4 Å². The van der Waals surface area contributed by atoms with Crippen LogP contribution in [0.2, 0.25) is 10.0 Å². The summed E-state index contributed by atoms with van der Waals surface area (Å²) in [6, 6.07) is 4.60. The Labute approximate surface area is 91.8 Å². The molecule has 0 aliphatic heterocycles. The second-order valence-electron chi connectivity index (χ2n) is 2.93. The van der Waals surface area contributed by atoms with E-state index in [2.05, 4.69) is 0 Å². The SMILES string of the molecule is CC(=O)CC(=O)c1cc(Cl)ccc1Cl. The molecule has 0 saturated carbocycles. The van der Waals surface area contributed by atoms with E-state index in [1.54, 1.807) is 6.07 Å². The van der Waals surface area contributed by atoms with Crippen molar-refractivity contribution in [1.82, 2.24) is 0 Å². The third-order valence-electron chi connectivity index (χ3n) is 1.64. The number of halogens is 2. The first-order valence-corrected chi connectivity index (χ1v) is 4.74. The van der Waals surface area contributed by atoms with E-state index < -0.39 is 0 Å². The van der Waals surface area contributed by atoms with Crippen molar-refractivity contribution in [2.75, 3.05) is 0 Å². The van der Waals surface area contributed by atoms with Crippen molar-refractivity contribution >= 4 is 34.8 Å². The summed E-state index contributed by atoms with van der Waals surface area (Å²) in [4.78, 5) is 22.2. The largest absolute Gasteiger partial charge is 0.300 e. The van der Waals surface area contributed by atoms with Crippen LogP contribution in [-0.2, 0) is 4.79 Å². The Hall–Kier alpha value is -0.860. The summed E-state index contributed by atoms with van der Waals surface area (Å²) in [5, 5.41) is 0.752. The summed E-state index contributed by atoms with van der Waals surface area (Å²) in [7, 11) is 0. The highest BCUT2D eigenvalue weighted by molar-refractivity contribution is 6.36. The topological polar surface area (TPSA) is 34.1 Å². The lowest BCUT2D eigenvalue weighted by Crippen LogP contribution is -2.05. The molecule has 0 aliphatic rings. The van der Waals surface area contributed by atoms with Gasteiger partial charge in [0.2, 0.25) is 0 Å². The zero-order valence-electron chi connectivity index (χ0n) is 7.51. The molecule has 0 aliphatic carbocycles. The fourth-order valence-corrected chi connectivity index (χ4v) is 1.43. The highest BCUT2D eigenvalue weighted by atomic mass is 35.5. The molecule has 2 nitrogen and oxygen atoms in total. The van der Waals surface area contributed by atoms with Gasteiger partial charge in [0.25, 0.3) is 0 Å². The van der Waals surface area contributed by atoms with Crippen LogP contribution < -0.4 is 0 Å². The molecule has 74 valence electrons. The average molecular weight is 231 g/mol. The molecule has 4 heteroatoms. The van der Waals surface area contributed by atoms with Crippen LogP contribution in [0.5, 0.6) is 0 Å². The summed E-state index contributed by atoms with van der Waals surface area (Å²) in [6.07, 6.45) is -0.139. The van der Waals surface area contributed by atoms with Crippen molar-refractivity contribution in [3.63, 3.8) is 0 Å². The Bertz CT molecular complexity index is 386. The molecule has 0 heterocycles. The van der Waals surface area contributed by atoms with E-state index in [9.17, 15) is 9.59 Å². The van der Waals surface area contributed by atoms with Crippen molar-refractivity contribution in [2.45, 2.75) is 13.3 Å². The zero-order chi connectivity index (χ0) is 10.7. The second-order valence-corrected chi connectivity index (χ2v) is 3.77. The molecule has 0 spiro atoms. The number of hydrogen-bond acceptors (Lipinski definition) is 2. The maximum Gasteiger partial charge on any atom is 0.171 e. The average Bonchev–Trinajstić information content (AvgIpc) is 2.08. The maximum atomic E-state index is 11.5. The van der Waals surface area contributed by atoms with Gasteiger partial charge in [-0.25, -0.2) is 0 Å². The van der Waals surface area contributed by atoms with Gasteiger partial charge in [-0.3, -0.25) is 9.59 Å². The van der Waals surface area contributed by atoms with Crippen LogP contribution in [0.15, 0.2) is 18.2 Å². The van der Waals surface area contributed by atoms with Crippen LogP contribution in [0, 0.1) is 0 Å². The molecule has 1 rings (SSSR count). The minimum atomic E-state index is -0.301. The molecular weight excluding hydrogens is 223 g/mol. The summed E-state index contributed by atoms with van der Waals surface area (Å²) < 4.78 is 0.